The number of carbonyl (C=O) groups is 2. The molecule has 0 N–H and O–H groups in total. The minimum atomic E-state index is -1.73. The summed E-state index contributed by atoms with van der Waals surface area (Å²) < 4.78 is 9.61. The molecule has 1 aliphatic rings. The fraction of sp³-hybridized carbons (Fsp3) is 0.778. The molecule has 1 fully saturated rings. The van der Waals surface area contributed by atoms with E-state index in [1.807, 2.05) is 6.92 Å². The predicted octanol–water partition coefficient (Wildman–Crippen LogP) is 1.53. The first-order valence-electron chi connectivity index (χ1n) is 4.67. The Morgan fingerprint density at radius 1 is 1.40 bits per heavy atom. The topological polar surface area (TPSA) is 52.6 Å². The van der Waals surface area contributed by atoms with Crippen LogP contribution in [-0.2, 0) is 42.4 Å². The van der Waals surface area contributed by atoms with E-state index in [1.54, 1.807) is 6.92 Å². The fourth-order valence-corrected chi connectivity index (χ4v) is 10.3. The maximum atomic E-state index is 11.5. The van der Waals surface area contributed by atoms with Crippen LogP contribution in [0.3, 0.4) is 0 Å². The van der Waals surface area contributed by atoms with Crippen molar-refractivity contribution in [1.29, 1.82) is 0 Å². The Hall–Kier alpha value is 0.165. The van der Waals surface area contributed by atoms with Gasteiger partial charge in [-0.2, -0.15) is 0 Å². The van der Waals surface area contributed by atoms with E-state index < -0.39 is 28.9 Å². The zero-order valence-electron chi connectivity index (χ0n) is 9.30. The summed E-state index contributed by atoms with van der Waals surface area (Å²) in [5, 5.41) is 0. The molecule has 1 saturated carbocycles. The molecule has 4 nitrogen and oxygen atoms in total. The van der Waals surface area contributed by atoms with E-state index in [1.165, 1.54) is 14.0 Å². The third-order valence-corrected chi connectivity index (χ3v) is 14.7. The van der Waals surface area contributed by atoms with Gasteiger partial charge in [0.1, 0.15) is 0 Å². The van der Waals surface area contributed by atoms with Gasteiger partial charge in [0.2, 0.25) is 0 Å². The van der Waals surface area contributed by atoms with E-state index in [0.717, 1.165) is 0 Å². The number of esters is 2. The molecular weight excluding hydrogens is 408 g/mol. The predicted molar refractivity (Wildman–Crippen MR) is 49.9 cm³/mol. The van der Waals surface area contributed by atoms with Crippen LogP contribution in [-0.4, -0.2) is 24.6 Å². The van der Waals surface area contributed by atoms with Crippen molar-refractivity contribution >= 4 is 20.2 Å². The molecule has 0 saturated heterocycles. The number of methoxy groups -OCH3 is 1. The zero-order valence-corrected chi connectivity index (χ0v) is 15.5. The van der Waals surface area contributed by atoms with E-state index in [4.69, 9.17) is 17.7 Å². The average Bonchev–Trinajstić information content (AvgIpc) is 2.62. The first-order chi connectivity index (χ1) is 6.83. The van der Waals surface area contributed by atoms with E-state index in [9.17, 15) is 9.59 Å². The Morgan fingerprint density at radius 3 is 2.27 bits per heavy atom. The van der Waals surface area contributed by atoms with Gasteiger partial charge < -0.3 is 0 Å². The van der Waals surface area contributed by atoms with Crippen LogP contribution >= 0.6 is 8.25 Å². The van der Waals surface area contributed by atoms with Gasteiger partial charge in [0.15, 0.2) is 0 Å². The van der Waals surface area contributed by atoms with Crippen molar-refractivity contribution < 1.29 is 42.4 Å². The fourth-order valence-electron chi connectivity index (χ4n) is 2.13. The maximum absolute atomic E-state index is 11.5. The summed E-state index contributed by atoms with van der Waals surface area (Å²) in [5.74, 6) is -1.09. The molecule has 0 aromatic heterocycles. The Morgan fingerprint density at radius 2 is 1.93 bits per heavy atom. The summed E-state index contributed by atoms with van der Waals surface area (Å²) >= 11 is -1.73. The van der Waals surface area contributed by atoms with Gasteiger partial charge in [0, 0.05) is 0 Å². The first-order valence-corrected chi connectivity index (χ1v) is 14.2. The van der Waals surface area contributed by atoms with Crippen LogP contribution in [0, 0.1) is 5.92 Å². The summed E-state index contributed by atoms with van der Waals surface area (Å²) in [6, 6.07) is 0. The zero-order chi connectivity index (χ0) is 11.9. The van der Waals surface area contributed by atoms with E-state index in [-0.39, 0.29) is 20.8 Å². The molecule has 0 aromatic carbocycles. The number of hydrogen-bond acceptors (Lipinski definition) is 4. The van der Waals surface area contributed by atoms with Crippen LogP contribution in [0.15, 0.2) is 0 Å². The summed E-state index contributed by atoms with van der Waals surface area (Å²) in [6.07, 6.45) is 0. The van der Waals surface area contributed by atoms with Crippen LogP contribution in [0.5, 0.6) is 0 Å². The summed E-state index contributed by atoms with van der Waals surface area (Å²) in [5.41, 5.74) is -0.741. The Labute approximate surface area is 105 Å². The standard InChI is InChI=1S/C9H13O4.ClH.Hg/c1-5-7(8(11)12-4)9(5,3)13-6(2)10;;/h7H,1-4H3;1H;/q;;+1/p-1/t7-,9-;;/m1../s1. The van der Waals surface area contributed by atoms with Crippen molar-refractivity contribution in [3.05, 3.63) is 0 Å². The second-order valence-electron chi connectivity index (χ2n) is 4.21. The summed E-state index contributed by atoms with van der Waals surface area (Å²) in [6.45, 7) is 5.01. The molecule has 1 aliphatic carbocycles. The third-order valence-electron chi connectivity index (χ3n) is 3.31. The minimum absolute atomic E-state index is 0.312. The van der Waals surface area contributed by atoms with Crippen molar-refractivity contribution in [3.63, 3.8) is 0 Å². The number of rotatable bonds is 3. The average molecular weight is 421 g/mol. The molecule has 6 heteroatoms. The van der Waals surface area contributed by atoms with E-state index in [2.05, 4.69) is 0 Å². The van der Waals surface area contributed by atoms with Crippen LogP contribution in [0.2, 0.25) is 2.92 Å². The van der Waals surface area contributed by atoms with Crippen molar-refractivity contribution in [1.82, 2.24) is 0 Å². The van der Waals surface area contributed by atoms with Crippen molar-refractivity contribution in [2.45, 2.75) is 29.3 Å². The number of halogens is 1. The van der Waals surface area contributed by atoms with Gasteiger partial charge in [-0.15, -0.1) is 0 Å². The molecule has 3 atom stereocenters. The number of carbonyl (C=O) groups excluding carboxylic acids is 2. The second-order valence-corrected chi connectivity index (χ2v) is 13.3. The normalized spacial score (nSPS) is 37.8. The van der Waals surface area contributed by atoms with Gasteiger partial charge in [-0.3, -0.25) is 0 Å². The molecule has 15 heavy (non-hydrogen) atoms. The van der Waals surface area contributed by atoms with Crippen LogP contribution in [0.25, 0.3) is 0 Å². The van der Waals surface area contributed by atoms with Gasteiger partial charge in [-0.05, 0) is 0 Å². The summed E-state index contributed by atoms with van der Waals surface area (Å²) in [7, 11) is 7.36. The molecule has 0 bridgehead atoms. The Bertz CT molecular complexity index is 308. The van der Waals surface area contributed by atoms with Crippen molar-refractivity contribution in [3.8, 4) is 0 Å². The second kappa shape index (κ2) is 4.20. The number of hydrogen-bond donors (Lipinski definition) is 0. The van der Waals surface area contributed by atoms with Crippen molar-refractivity contribution in [2.24, 2.45) is 5.92 Å². The van der Waals surface area contributed by atoms with Crippen LogP contribution in [0.1, 0.15) is 20.8 Å². The van der Waals surface area contributed by atoms with Gasteiger partial charge in [-0.25, -0.2) is 0 Å². The van der Waals surface area contributed by atoms with Gasteiger partial charge in [0.25, 0.3) is 0 Å². The van der Waals surface area contributed by atoms with Crippen LogP contribution in [0.4, 0.5) is 0 Å². The molecule has 0 amide bonds. The van der Waals surface area contributed by atoms with E-state index in [0.29, 0.717) is 0 Å². The Kier molecular flexibility index (Phi) is 3.71. The quantitative estimate of drug-likeness (QED) is 0.513. The molecule has 0 aliphatic heterocycles. The number of ether oxygens (including phenoxy) is 2. The molecule has 0 aromatic rings. The van der Waals surface area contributed by atoms with Crippen LogP contribution < -0.4 is 0 Å². The molecule has 0 heterocycles. The third kappa shape index (κ3) is 1.91. The van der Waals surface area contributed by atoms with E-state index >= 15 is 0 Å². The molecule has 0 spiro atoms. The monoisotopic (exact) mass is 422 g/mol. The van der Waals surface area contributed by atoms with Gasteiger partial charge >= 0.3 is 105 Å². The molecule has 82 valence electrons. The molecule has 0 radical (unpaired) electrons. The van der Waals surface area contributed by atoms with Crippen molar-refractivity contribution in [2.75, 3.05) is 7.11 Å². The SMILES string of the molecule is COC(=O)[C@@H]1[C@](C)(OC(C)=O)[C@]1(C)[Hg][Cl]. The molecule has 1 rings (SSSR count). The summed E-state index contributed by atoms with van der Waals surface area (Å²) in [4.78, 5) is 22.5. The first kappa shape index (κ1) is 13.2. The molecule has 0 unspecified atom stereocenters. The molecular formula is C9H13ClHgO4. The Balaban J connectivity index is 2.90. The van der Waals surface area contributed by atoms with Gasteiger partial charge in [-0.1, -0.05) is 0 Å². The van der Waals surface area contributed by atoms with Gasteiger partial charge in [0.05, 0.1) is 0 Å².